The topological polar surface area (TPSA) is 62.8 Å². The van der Waals surface area contributed by atoms with Gasteiger partial charge >= 0.3 is 0 Å². The quantitative estimate of drug-likeness (QED) is 0.228. The van der Waals surface area contributed by atoms with E-state index >= 15 is 0 Å². The molecular weight excluding hydrogens is 552 g/mol. The molecule has 1 unspecified atom stereocenters. The van der Waals surface area contributed by atoms with E-state index in [4.69, 9.17) is 19.4 Å². The lowest BCUT2D eigenvalue weighted by Crippen LogP contribution is -2.33. The fourth-order valence-corrected chi connectivity index (χ4v) is 7.05. The second-order valence-corrected chi connectivity index (χ2v) is 11.7. The number of rotatable bonds is 3. The molecule has 6 aromatic carbocycles. The lowest BCUT2D eigenvalue weighted by Gasteiger charge is -2.24. The van der Waals surface area contributed by atoms with Crippen LogP contribution in [0.4, 0.5) is 0 Å². The Labute approximate surface area is 258 Å². The van der Waals surface area contributed by atoms with E-state index in [9.17, 15) is 0 Å². The van der Waals surface area contributed by atoms with E-state index in [1.54, 1.807) is 6.20 Å². The highest BCUT2D eigenvalue weighted by atomic mass is 16.3. The van der Waals surface area contributed by atoms with Crippen molar-refractivity contribution in [2.75, 3.05) is 0 Å². The van der Waals surface area contributed by atoms with E-state index < -0.39 is 0 Å². The van der Waals surface area contributed by atoms with Crippen LogP contribution in [0.1, 0.15) is 22.9 Å². The van der Waals surface area contributed by atoms with Crippen LogP contribution in [-0.2, 0) is 0 Å². The summed E-state index contributed by atoms with van der Waals surface area (Å²) in [6.07, 6.45) is 1.46. The zero-order valence-corrected chi connectivity index (χ0v) is 24.0. The zero-order chi connectivity index (χ0) is 29.5. The van der Waals surface area contributed by atoms with Gasteiger partial charge in [-0.1, -0.05) is 91.0 Å². The average Bonchev–Trinajstić information content (AvgIpc) is 3.65. The highest BCUT2D eigenvalue weighted by Crippen LogP contribution is 2.47. The fourth-order valence-electron chi connectivity index (χ4n) is 7.05. The molecule has 1 N–H and O–H groups in total. The van der Waals surface area contributed by atoms with Gasteiger partial charge in [0.15, 0.2) is 11.4 Å². The Kier molecular flexibility index (Phi) is 4.99. The minimum absolute atomic E-state index is 0.346. The summed E-state index contributed by atoms with van der Waals surface area (Å²) in [5.41, 5.74) is 10.4. The molecule has 5 nitrogen and oxygen atoms in total. The van der Waals surface area contributed by atoms with E-state index in [1.165, 1.54) is 43.8 Å². The highest BCUT2D eigenvalue weighted by molar-refractivity contribution is 6.23. The van der Waals surface area contributed by atoms with Crippen LogP contribution in [0.3, 0.4) is 0 Å². The third-order valence-electron chi connectivity index (χ3n) is 9.08. The number of amidine groups is 2. The zero-order valence-electron chi connectivity index (χ0n) is 24.0. The molecule has 1 aliphatic heterocycles. The molecule has 0 fully saturated rings. The van der Waals surface area contributed by atoms with Crippen LogP contribution < -0.4 is 5.32 Å². The van der Waals surface area contributed by atoms with Gasteiger partial charge in [-0.3, -0.25) is 4.98 Å². The van der Waals surface area contributed by atoms with E-state index in [2.05, 4.69) is 108 Å². The van der Waals surface area contributed by atoms with Gasteiger partial charge in [-0.25, -0.2) is 9.98 Å². The van der Waals surface area contributed by atoms with E-state index in [-0.39, 0.29) is 6.17 Å². The molecule has 0 amide bonds. The second kappa shape index (κ2) is 9.21. The summed E-state index contributed by atoms with van der Waals surface area (Å²) in [7, 11) is 0. The monoisotopic (exact) mass is 576 g/mol. The lowest BCUT2D eigenvalue weighted by molar-refractivity contribution is 0.667. The van der Waals surface area contributed by atoms with E-state index in [0.29, 0.717) is 5.84 Å². The van der Waals surface area contributed by atoms with Crippen LogP contribution >= 0.6 is 0 Å². The summed E-state index contributed by atoms with van der Waals surface area (Å²) >= 11 is 0. The molecule has 5 heteroatoms. The van der Waals surface area contributed by atoms with Gasteiger partial charge < -0.3 is 9.73 Å². The van der Waals surface area contributed by atoms with Crippen LogP contribution in [0.25, 0.3) is 65.9 Å². The van der Waals surface area contributed by atoms with Crippen LogP contribution in [-0.4, -0.2) is 16.7 Å². The lowest BCUT2D eigenvalue weighted by atomic mass is 9.98. The summed E-state index contributed by atoms with van der Waals surface area (Å²) in [6.45, 7) is 0. The number of hydrogen-bond donors (Lipinski definition) is 1. The molecule has 0 saturated carbocycles. The standard InChI is InChI=1S/C40H24N4O/c1-2-9-24-20-26(18-17-23(24)8-1)38-42-39(27-21-25-10-5-13-30-28-11-3-4-12-29(28)32(22-27)35(25)30)44-40(43-38)31-14-6-15-33-36(31)37-34(45-33)16-7-19-41-37/h1-22,38H,(H,42,43,44). The van der Waals surface area contributed by atoms with Crippen molar-refractivity contribution in [3.05, 3.63) is 150 Å². The second-order valence-electron chi connectivity index (χ2n) is 11.7. The first-order valence-corrected chi connectivity index (χ1v) is 15.1. The number of furan rings is 1. The van der Waals surface area contributed by atoms with Crippen LogP contribution in [0.5, 0.6) is 0 Å². The first-order chi connectivity index (χ1) is 22.3. The number of pyridine rings is 1. The molecule has 0 spiro atoms. The maximum atomic E-state index is 6.20. The minimum Gasteiger partial charge on any atom is -0.454 e. The van der Waals surface area contributed by atoms with Crippen molar-refractivity contribution >= 4 is 55.3 Å². The van der Waals surface area contributed by atoms with Crippen molar-refractivity contribution in [3.63, 3.8) is 0 Å². The van der Waals surface area contributed by atoms with Gasteiger partial charge in [0.05, 0.1) is 5.39 Å². The average molecular weight is 577 g/mol. The minimum atomic E-state index is -0.346. The van der Waals surface area contributed by atoms with Crippen LogP contribution in [0, 0.1) is 0 Å². The first kappa shape index (κ1) is 24.4. The molecule has 10 rings (SSSR count). The number of hydrogen-bond acceptors (Lipinski definition) is 5. The van der Waals surface area contributed by atoms with Gasteiger partial charge in [-0.05, 0) is 85.8 Å². The number of benzene rings is 6. The smallest absolute Gasteiger partial charge is 0.159 e. The van der Waals surface area contributed by atoms with Gasteiger partial charge in [0.25, 0.3) is 0 Å². The normalized spacial score (nSPS) is 15.3. The largest absolute Gasteiger partial charge is 0.454 e. The Morgan fingerprint density at radius 3 is 2.24 bits per heavy atom. The van der Waals surface area contributed by atoms with Crippen molar-refractivity contribution < 1.29 is 4.42 Å². The molecule has 2 aromatic heterocycles. The number of nitrogens with zero attached hydrogens (tertiary/aromatic N) is 3. The Hall–Kier alpha value is -6.07. The molecule has 2 aliphatic rings. The molecule has 3 heterocycles. The maximum Gasteiger partial charge on any atom is 0.159 e. The summed E-state index contributed by atoms with van der Waals surface area (Å²) in [4.78, 5) is 15.2. The number of fused-ring (bicyclic) bond motifs is 7. The van der Waals surface area contributed by atoms with Crippen molar-refractivity contribution in [1.82, 2.24) is 10.3 Å². The molecule has 0 saturated heterocycles. The summed E-state index contributed by atoms with van der Waals surface area (Å²) < 4.78 is 6.20. The molecule has 210 valence electrons. The third kappa shape index (κ3) is 3.64. The van der Waals surface area contributed by atoms with Crippen molar-refractivity contribution in [1.29, 1.82) is 0 Å². The number of nitrogens with one attached hydrogen (secondary N) is 1. The predicted molar refractivity (Wildman–Crippen MR) is 183 cm³/mol. The summed E-state index contributed by atoms with van der Waals surface area (Å²) in [5, 5.41) is 9.46. The highest BCUT2D eigenvalue weighted by Gasteiger charge is 2.27. The molecule has 1 aliphatic carbocycles. The number of aromatic nitrogens is 1. The van der Waals surface area contributed by atoms with Gasteiger partial charge in [-0.15, -0.1) is 0 Å². The third-order valence-corrected chi connectivity index (χ3v) is 9.08. The Morgan fingerprint density at radius 1 is 0.556 bits per heavy atom. The van der Waals surface area contributed by atoms with Gasteiger partial charge in [0.1, 0.15) is 23.1 Å². The predicted octanol–water partition coefficient (Wildman–Crippen LogP) is 9.43. The fraction of sp³-hybridized carbons (Fsp3) is 0.0250. The Bertz CT molecular complexity index is 2590. The number of aliphatic imine (C=N–C) groups is 2. The molecule has 45 heavy (non-hydrogen) atoms. The van der Waals surface area contributed by atoms with Crippen molar-refractivity contribution in [2.45, 2.75) is 6.17 Å². The van der Waals surface area contributed by atoms with Crippen molar-refractivity contribution in [2.24, 2.45) is 9.98 Å². The molecule has 0 bridgehead atoms. The Balaban J connectivity index is 1.21. The van der Waals surface area contributed by atoms with E-state index in [0.717, 1.165) is 44.6 Å². The van der Waals surface area contributed by atoms with Gasteiger partial charge in [-0.2, -0.15) is 0 Å². The molecule has 8 aromatic rings. The summed E-state index contributed by atoms with van der Waals surface area (Å²) in [5.74, 6) is 1.43. The van der Waals surface area contributed by atoms with E-state index in [1.807, 2.05) is 24.3 Å². The Morgan fingerprint density at radius 2 is 1.31 bits per heavy atom. The SMILES string of the molecule is c1ccc2c(c1)-c1cccc3cc(C4=NC(c5ccc6ccccc6c5)NC(c5cccc6oc7cccnc7c56)=N4)cc-2c13. The van der Waals surface area contributed by atoms with Gasteiger partial charge in [0.2, 0.25) is 0 Å². The molecular formula is C40H24N4O. The summed E-state index contributed by atoms with van der Waals surface area (Å²) in [6, 6.07) is 44.6. The first-order valence-electron chi connectivity index (χ1n) is 15.1. The molecule has 1 atom stereocenters. The molecule has 0 radical (unpaired) electrons. The van der Waals surface area contributed by atoms with Crippen molar-refractivity contribution in [3.8, 4) is 22.3 Å². The van der Waals surface area contributed by atoms with Crippen LogP contribution in [0.15, 0.2) is 148 Å². The van der Waals surface area contributed by atoms with Gasteiger partial charge in [0, 0.05) is 17.3 Å². The van der Waals surface area contributed by atoms with Crippen LogP contribution in [0.2, 0.25) is 0 Å². The maximum absolute atomic E-state index is 6.20.